The molecule has 44 heavy (non-hydrogen) atoms. The highest BCUT2D eigenvalue weighted by molar-refractivity contribution is 5.81. The molecule has 3 fully saturated rings. The van der Waals surface area contributed by atoms with Gasteiger partial charge in [-0.15, -0.1) is 0 Å². The van der Waals surface area contributed by atoms with Crippen LogP contribution in [0.4, 0.5) is 14.7 Å². The second-order valence-electron chi connectivity index (χ2n) is 12.8. The van der Waals surface area contributed by atoms with E-state index in [4.69, 9.17) is 19.4 Å². The van der Waals surface area contributed by atoms with Crippen LogP contribution in [0, 0.1) is 5.92 Å². The number of rotatable bonds is 10. The number of carbonyl (C=O) groups excluding carboxylic acids is 1. The fraction of sp³-hybridized carbons (Fsp3) is 0.625. The fourth-order valence-corrected chi connectivity index (χ4v) is 6.97. The third-order valence-electron chi connectivity index (χ3n) is 9.14. The summed E-state index contributed by atoms with van der Waals surface area (Å²) >= 11 is 0. The monoisotopic (exact) mass is 612 g/mol. The first kappa shape index (κ1) is 30.8. The molecular formula is C32H42F2N6O4. The van der Waals surface area contributed by atoms with Gasteiger partial charge in [0.1, 0.15) is 17.7 Å². The van der Waals surface area contributed by atoms with Crippen LogP contribution < -0.4 is 9.64 Å². The zero-order valence-corrected chi connectivity index (χ0v) is 25.5. The lowest BCUT2D eigenvalue weighted by atomic mass is 9.84. The molecule has 0 bridgehead atoms. The van der Waals surface area contributed by atoms with Crippen molar-refractivity contribution in [1.82, 2.24) is 24.4 Å². The van der Waals surface area contributed by atoms with Gasteiger partial charge in [-0.1, -0.05) is 12.1 Å². The number of anilines is 1. The van der Waals surface area contributed by atoms with Gasteiger partial charge in [0.2, 0.25) is 11.8 Å². The first-order chi connectivity index (χ1) is 21.2. The summed E-state index contributed by atoms with van der Waals surface area (Å²) < 4.78 is 41.6. The largest absolute Gasteiger partial charge is 0.474 e. The van der Waals surface area contributed by atoms with Crippen LogP contribution in [0.15, 0.2) is 30.3 Å². The van der Waals surface area contributed by atoms with Crippen LogP contribution in [0.25, 0.3) is 16.9 Å². The lowest BCUT2D eigenvalue weighted by molar-refractivity contribution is -0.122. The van der Waals surface area contributed by atoms with E-state index >= 15 is 0 Å². The first-order valence-electron chi connectivity index (χ1n) is 15.8. The van der Waals surface area contributed by atoms with E-state index < -0.39 is 12.0 Å². The minimum absolute atomic E-state index is 0.0211. The summed E-state index contributed by atoms with van der Waals surface area (Å²) in [7, 11) is 0. The SMILES string of the molecule is CC(C)(O)[C@@H]1CCCN1CC(=O)CC1CCC(Oc2cc(-n3c(C(F)F)nc4ccccc43)nc(N3CCOCC3)n2)CC1. The van der Waals surface area contributed by atoms with Crippen molar-refractivity contribution in [2.24, 2.45) is 5.92 Å². The molecule has 2 aliphatic heterocycles. The molecule has 0 radical (unpaired) electrons. The summed E-state index contributed by atoms with van der Waals surface area (Å²) in [5, 5.41) is 10.5. The van der Waals surface area contributed by atoms with E-state index in [1.165, 1.54) is 4.57 Å². The Bertz CT molecular complexity index is 1450. The zero-order chi connectivity index (χ0) is 30.8. The number of ether oxygens (including phenoxy) is 2. The van der Waals surface area contributed by atoms with E-state index in [0.717, 1.165) is 45.1 Å². The topological polar surface area (TPSA) is 106 Å². The quantitative estimate of drug-likeness (QED) is 0.348. The molecule has 0 unspecified atom stereocenters. The van der Waals surface area contributed by atoms with Gasteiger partial charge >= 0.3 is 0 Å². The maximum absolute atomic E-state index is 14.2. The van der Waals surface area contributed by atoms with Gasteiger partial charge in [-0.2, -0.15) is 9.97 Å². The van der Waals surface area contributed by atoms with Crippen LogP contribution in [-0.2, 0) is 9.53 Å². The van der Waals surface area contributed by atoms with Gasteiger partial charge in [0, 0.05) is 31.6 Å². The number of aromatic nitrogens is 4. The molecule has 3 aliphatic rings. The molecule has 2 saturated heterocycles. The zero-order valence-electron chi connectivity index (χ0n) is 25.5. The minimum Gasteiger partial charge on any atom is -0.474 e. The average Bonchev–Trinajstić information content (AvgIpc) is 3.64. The molecule has 6 rings (SSSR count). The number of fused-ring (bicyclic) bond motifs is 1. The molecule has 1 aliphatic carbocycles. The van der Waals surface area contributed by atoms with Crippen LogP contribution in [0.5, 0.6) is 5.88 Å². The molecule has 1 N–H and O–H groups in total. The Kier molecular flexibility index (Phi) is 9.11. The third-order valence-corrected chi connectivity index (χ3v) is 9.14. The van der Waals surface area contributed by atoms with Gasteiger partial charge in [-0.25, -0.2) is 13.8 Å². The number of hydrogen-bond acceptors (Lipinski definition) is 9. The summed E-state index contributed by atoms with van der Waals surface area (Å²) in [4.78, 5) is 30.7. The molecule has 0 spiro atoms. The molecule has 1 saturated carbocycles. The lowest BCUT2D eigenvalue weighted by Crippen LogP contribution is -2.47. The number of morpholine rings is 1. The highest BCUT2D eigenvalue weighted by Crippen LogP contribution is 2.33. The molecule has 0 amide bonds. The van der Waals surface area contributed by atoms with Crippen LogP contribution in [0.3, 0.4) is 0 Å². The standard InChI is InChI=1S/C32H42F2N6O4/c1-32(2,42)26-8-5-13-39(26)20-22(41)18-21-9-11-23(12-10-21)44-28-19-27(36-31(37-28)38-14-16-43-17-15-38)40-25-7-4-3-6-24(25)35-30(40)29(33)34/h3-4,6-7,19,21,23,26,29,42H,5,8-18,20H2,1-2H3/t21?,23?,26-/m0/s1. The number of ketones is 1. The fourth-order valence-electron chi connectivity index (χ4n) is 6.97. The van der Waals surface area contributed by atoms with Crippen LogP contribution >= 0.6 is 0 Å². The maximum Gasteiger partial charge on any atom is 0.296 e. The average molecular weight is 613 g/mol. The van der Waals surface area contributed by atoms with Crippen molar-refractivity contribution in [3.8, 4) is 11.7 Å². The third kappa shape index (κ3) is 6.87. The predicted molar refractivity (Wildman–Crippen MR) is 162 cm³/mol. The van der Waals surface area contributed by atoms with Gasteiger partial charge in [0.15, 0.2) is 5.82 Å². The molecule has 238 valence electrons. The second kappa shape index (κ2) is 13.0. The maximum atomic E-state index is 14.2. The Morgan fingerprint density at radius 1 is 1.07 bits per heavy atom. The van der Waals surface area contributed by atoms with Gasteiger partial charge in [-0.05, 0) is 77.0 Å². The lowest BCUT2D eigenvalue weighted by Gasteiger charge is -2.34. The van der Waals surface area contributed by atoms with E-state index in [0.29, 0.717) is 68.0 Å². The van der Waals surface area contributed by atoms with Crippen molar-refractivity contribution in [3.63, 3.8) is 0 Å². The Balaban J connectivity index is 1.15. The highest BCUT2D eigenvalue weighted by Gasteiger charge is 2.37. The van der Waals surface area contributed by atoms with Crippen molar-refractivity contribution >= 4 is 22.8 Å². The number of Topliss-reactive ketones (excluding diaryl/α,β-unsaturated/α-hetero) is 1. The molecular weight excluding hydrogens is 570 g/mol. The van der Waals surface area contributed by atoms with Crippen molar-refractivity contribution in [2.45, 2.75) is 83.0 Å². The minimum atomic E-state index is -2.79. The smallest absolute Gasteiger partial charge is 0.296 e. The molecule has 10 nitrogen and oxygen atoms in total. The van der Waals surface area contributed by atoms with Crippen molar-refractivity contribution in [2.75, 3.05) is 44.3 Å². The number of carbonyl (C=O) groups is 1. The highest BCUT2D eigenvalue weighted by atomic mass is 19.3. The molecule has 4 heterocycles. The van der Waals surface area contributed by atoms with Crippen molar-refractivity contribution < 1.29 is 28.2 Å². The Morgan fingerprint density at radius 2 is 1.82 bits per heavy atom. The summed E-state index contributed by atoms with van der Waals surface area (Å²) in [6.07, 6.45) is 2.83. The van der Waals surface area contributed by atoms with Gasteiger partial charge in [-0.3, -0.25) is 14.3 Å². The van der Waals surface area contributed by atoms with E-state index in [2.05, 4.69) is 9.88 Å². The van der Waals surface area contributed by atoms with Crippen LogP contribution in [-0.4, -0.2) is 92.4 Å². The van der Waals surface area contributed by atoms with Crippen molar-refractivity contribution in [3.05, 3.63) is 36.2 Å². The molecule has 12 heteroatoms. The predicted octanol–water partition coefficient (Wildman–Crippen LogP) is 4.72. The van der Waals surface area contributed by atoms with Gasteiger partial charge < -0.3 is 19.5 Å². The summed E-state index contributed by atoms with van der Waals surface area (Å²) in [5.41, 5.74) is 0.180. The number of imidazole rings is 1. The molecule has 1 aromatic carbocycles. The van der Waals surface area contributed by atoms with E-state index in [1.54, 1.807) is 30.3 Å². The number of para-hydroxylation sites is 2. The number of benzene rings is 1. The normalized spacial score (nSPS) is 23.5. The van der Waals surface area contributed by atoms with Crippen LogP contribution in [0.2, 0.25) is 0 Å². The molecule has 2 aromatic heterocycles. The number of alkyl halides is 2. The Labute approximate surface area is 256 Å². The number of nitrogens with zero attached hydrogens (tertiary/aromatic N) is 6. The van der Waals surface area contributed by atoms with E-state index in [9.17, 15) is 18.7 Å². The van der Waals surface area contributed by atoms with Gasteiger partial charge in [0.25, 0.3) is 6.43 Å². The molecule has 1 atom stereocenters. The summed E-state index contributed by atoms with van der Waals surface area (Å²) in [6.45, 7) is 7.11. The van der Waals surface area contributed by atoms with E-state index in [-0.39, 0.29) is 29.6 Å². The Hall–Kier alpha value is -3.22. The summed E-state index contributed by atoms with van der Waals surface area (Å²) in [5.74, 6) is 1.16. The number of aliphatic hydroxyl groups is 1. The van der Waals surface area contributed by atoms with Crippen LogP contribution in [0.1, 0.15) is 71.0 Å². The van der Waals surface area contributed by atoms with E-state index in [1.807, 2.05) is 18.7 Å². The summed E-state index contributed by atoms with van der Waals surface area (Å²) in [6, 6.07) is 8.66. The van der Waals surface area contributed by atoms with Gasteiger partial charge in [0.05, 0.1) is 36.4 Å². The van der Waals surface area contributed by atoms with Crippen molar-refractivity contribution in [1.29, 1.82) is 0 Å². The number of halogens is 2. The first-order valence-corrected chi connectivity index (χ1v) is 15.8. The number of hydrogen-bond donors (Lipinski definition) is 1. The second-order valence-corrected chi connectivity index (χ2v) is 12.8. The number of likely N-dealkylation sites (tertiary alicyclic amines) is 1. The Morgan fingerprint density at radius 3 is 2.55 bits per heavy atom. The molecule has 3 aromatic rings.